The first kappa shape index (κ1) is 17.4. The van der Waals surface area contributed by atoms with Crippen LogP contribution in [0.15, 0.2) is 34.9 Å². The second kappa shape index (κ2) is 8.09. The summed E-state index contributed by atoms with van der Waals surface area (Å²) < 4.78 is 23.8. The van der Waals surface area contributed by atoms with Crippen LogP contribution in [0.25, 0.3) is 0 Å². The summed E-state index contributed by atoms with van der Waals surface area (Å²) in [7, 11) is 0. The van der Waals surface area contributed by atoms with Crippen molar-refractivity contribution in [2.75, 3.05) is 26.2 Å². The molecule has 1 aliphatic rings. The molecule has 0 unspecified atom stereocenters. The van der Waals surface area contributed by atoms with Crippen molar-refractivity contribution in [3.63, 3.8) is 0 Å². The molecule has 3 rings (SSSR count). The van der Waals surface area contributed by atoms with Crippen molar-refractivity contribution >= 4 is 5.91 Å². The van der Waals surface area contributed by atoms with Gasteiger partial charge in [0, 0.05) is 32.2 Å². The lowest BCUT2D eigenvalue weighted by Crippen LogP contribution is -2.34. The van der Waals surface area contributed by atoms with Gasteiger partial charge in [0.2, 0.25) is 0 Å². The lowest BCUT2D eigenvalue weighted by atomic mass is 10.3. The molecule has 1 aromatic carbocycles. The van der Waals surface area contributed by atoms with E-state index in [9.17, 15) is 14.3 Å². The van der Waals surface area contributed by atoms with Gasteiger partial charge in [-0.25, -0.2) is 4.39 Å². The van der Waals surface area contributed by atoms with Gasteiger partial charge in [-0.05, 0) is 18.6 Å². The number of aliphatic hydroxyl groups excluding tert-OH is 1. The van der Waals surface area contributed by atoms with Crippen LogP contribution in [-0.2, 0) is 6.61 Å². The number of carbonyl (C=O) groups is 1. The van der Waals surface area contributed by atoms with Gasteiger partial charge in [-0.3, -0.25) is 9.69 Å². The Morgan fingerprint density at radius 3 is 3.08 bits per heavy atom. The van der Waals surface area contributed by atoms with Crippen LogP contribution in [0.1, 0.15) is 22.7 Å². The van der Waals surface area contributed by atoms with Crippen LogP contribution in [0.5, 0.6) is 5.75 Å². The lowest BCUT2D eigenvalue weighted by Gasteiger charge is -2.14. The first-order valence-electron chi connectivity index (χ1n) is 8.13. The van der Waals surface area contributed by atoms with Crippen molar-refractivity contribution < 1.29 is 23.6 Å². The zero-order valence-electron chi connectivity index (χ0n) is 13.7. The van der Waals surface area contributed by atoms with E-state index in [1.54, 1.807) is 12.1 Å². The minimum Gasteiger partial charge on any atom is -0.482 e. The quantitative estimate of drug-likeness (QED) is 0.781. The minimum atomic E-state index is -0.466. The molecule has 2 N–H and O–H groups in total. The normalized spacial score (nSPS) is 17.6. The molecule has 0 aliphatic carbocycles. The largest absolute Gasteiger partial charge is 0.482 e. The first-order chi connectivity index (χ1) is 12.1. The first-order valence-corrected chi connectivity index (χ1v) is 8.13. The van der Waals surface area contributed by atoms with E-state index in [1.165, 1.54) is 18.2 Å². The number of likely N-dealkylation sites (tertiary alicyclic amines) is 1. The van der Waals surface area contributed by atoms with Gasteiger partial charge in [0.1, 0.15) is 6.61 Å². The fourth-order valence-corrected chi connectivity index (χ4v) is 2.63. The number of hydrogen-bond acceptors (Lipinski definition) is 6. The predicted octanol–water partition coefficient (Wildman–Crippen LogP) is 1.19. The van der Waals surface area contributed by atoms with E-state index in [-0.39, 0.29) is 30.1 Å². The molecule has 1 aliphatic heterocycles. The second-order valence-electron chi connectivity index (χ2n) is 5.90. The van der Waals surface area contributed by atoms with Crippen LogP contribution < -0.4 is 10.1 Å². The van der Waals surface area contributed by atoms with Crippen molar-refractivity contribution in [2.24, 2.45) is 0 Å². The highest BCUT2D eigenvalue weighted by Crippen LogP contribution is 2.17. The number of aromatic nitrogens is 1. The van der Waals surface area contributed by atoms with Gasteiger partial charge < -0.3 is 19.7 Å². The molecule has 2 heterocycles. The molecule has 0 radical (unpaired) electrons. The van der Waals surface area contributed by atoms with Crippen molar-refractivity contribution in [3.8, 4) is 5.75 Å². The van der Waals surface area contributed by atoms with Gasteiger partial charge in [0.25, 0.3) is 5.91 Å². The molecular formula is C17H20FN3O4. The summed E-state index contributed by atoms with van der Waals surface area (Å²) in [5.41, 5.74) is 0.147. The Morgan fingerprint density at radius 1 is 1.48 bits per heavy atom. The molecule has 0 spiro atoms. The van der Waals surface area contributed by atoms with E-state index < -0.39 is 5.82 Å². The molecule has 1 aromatic heterocycles. The van der Waals surface area contributed by atoms with E-state index in [1.807, 2.05) is 0 Å². The van der Waals surface area contributed by atoms with Crippen LogP contribution in [0.3, 0.4) is 0 Å². The zero-order valence-corrected chi connectivity index (χ0v) is 13.7. The number of nitrogens with one attached hydrogen (secondary N) is 1. The number of aliphatic hydroxyl groups is 1. The third-order valence-corrected chi connectivity index (χ3v) is 3.96. The van der Waals surface area contributed by atoms with E-state index in [0.717, 1.165) is 13.0 Å². The molecule has 1 atom stereocenters. The van der Waals surface area contributed by atoms with Gasteiger partial charge >= 0.3 is 0 Å². The summed E-state index contributed by atoms with van der Waals surface area (Å²) in [6.07, 6.45) is 0.492. The average molecular weight is 349 g/mol. The highest BCUT2D eigenvalue weighted by Gasteiger charge is 2.20. The van der Waals surface area contributed by atoms with Crippen LogP contribution in [0, 0.1) is 5.82 Å². The highest BCUT2D eigenvalue weighted by atomic mass is 19.1. The Kier molecular flexibility index (Phi) is 5.62. The number of ether oxygens (including phenoxy) is 1. The SMILES string of the molecule is O=C(NCCN1CC[C@H](O)C1)c1cc(COc2ccccc2F)on1. The standard InChI is InChI=1S/C17H20FN3O4/c18-14-3-1-2-4-16(14)24-11-13-9-15(20-25-13)17(23)19-6-8-21-7-5-12(22)10-21/h1-4,9,12,22H,5-8,10-11H2,(H,19,23)/t12-/m0/s1. The maximum atomic E-state index is 13.5. The number of rotatable bonds is 7. The highest BCUT2D eigenvalue weighted by molar-refractivity contribution is 5.92. The Morgan fingerprint density at radius 2 is 2.32 bits per heavy atom. The number of amides is 1. The van der Waals surface area contributed by atoms with Crippen LogP contribution in [0.2, 0.25) is 0 Å². The van der Waals surface area contributed by atoms with Gasteiger partial charge in [-0.2, -0.15) is 0 Å². The number of nitrogens with zero attached hydrogens (tertiary/aromatic N) is 2. The second-order valence-corrected chi connectivity index (χ2v) is 5.90. The third kappa shape index (κ3) is 4.77. The molecule has 1 saturated heterocycles. The maximum absolute atomic E-state index is 13.5. The fourth-order valence-electron chi connectivity index (χ4n) is 2.63. The number of β-amino-alcohol motifs (C(OH)–C–C–N with tert-alkyl or cyclic N) is 1. The molecule has 0 bridgehead atoms. The van der Waals surface area contributed by atoms with E-state index in [0.29, 0.717) is 25.4 Å². The van der Waals surface area contributed by atoms with Crippen molar-refractivity contribution in [1.82, 2.24) is 15.4 Å². The van der Waals surface area contributed by atoms with Gasteiger partial charge in [0.05, 0.1) is 6.10 Å². The van der Waals surface area contributed by atoms with Gasteiger partial charge in [0.15, 0.2) is 23.0 Å². The van der Waals surface area contributed by atoms with Gasteiger partial charge in [-0.1, -0.05) is 17.3 Å². The Labute approximate surface area is 144 Å². The molecule has 2 aromatic rings. The Balaban J connectivity index is 1.44. The third-order valence-electron chi connectivity index (χ3n) is 3.96. The lowest BCUT2D eigenvalue weighted by molar-refractivity contribution is 0.0939. The topological polar surface area (TPSA) is 87.8 Å². The zero-order chi connectivity index (χ0) is 17.6. The summed E-state index contributed by atoms with van der Waals surface area (Å²) in [6.45, 7) is 2.58. The van der Waals surface area contributed by atoms with E-state index in [4.69, 9.17) is 9.26 Å². The summed E-state index contributed by atoms with van der Waals surface area (Å²) in [4.78, 5) is 14.1. The van der Waals surface area contributed by atoms with Crippen molar-refractivity contribution in [2.45, 2.75) is 19.1 Å². The Bertz CT molecular complexity index is 721. The van der Waals surface area contributed by atoms with Gasteiger partial charge in [-0.15, -0.1) is 0 Å². The summed E-state index contributed by atoms with van der Waals surface area (Å²) in [6, 6.07) is 7.51. The summed E-state index contributed by atoms with van der Waals surface area (Å²) in [5, 5.41) is 15.9. The number of halogens is 1. The number of benzene rings is 1. The van der Waals surface area contributed by atoms with Crippen molar-refractivity contribution in [1.29, 1.82) is 0 Å². The molecule has 1 fully saturated rings. The molecule has 8 heteroatoms. The number of para-hydroxylation sites is 1. The maximum Gasteiger partial charge on any atom is 0.273 e. The average Bonchev–Trinajstić information content (AvgIpc) is 3.23. The fraction of sp³-hybridized carbons (Fsp3) is 0.412. The van der Waals surface area contributed by atoms with Crippen LogP contribution in [0.4, 0.5) is 4.39 Å². The Hall–Kier alpha value is -2.45. The molecular weight excluding hydrogens is 329 g/mol. The predicted molar refractivity (Wildman–Crippen MR) is 86.6 cm³/mol. The smallest absolute Gasteiger partial charge is 0.273 e. The van der Waals surface area contributed by atoms with Crippen molar-refractivity contribution in [3.05, 3.63) is 47.6 Å². The van der Waals surface area contributed by atoms with Crippen LogP contribution >= 0.6 is 0 Å². The monoisotopic (exact) mass is 349 g/mol. The molecule has 134 valence electrons. The van der Waals surface area contributed by atoms with E-state index in [2.05, 4.69) is 15.4 Å². The molecule has 1 amide bonds. The summed E-state index contributed by atoms with van der Waals surface area (Å²) in [5.74, 6) is -0.374. The van der Waals surface area contributed by atoms with E-state index >= 15 is 0 Å². The minimum absolute atomic E-state index is 0.0210. The number of hydrogen-bond donors (Lipinski definition) is 2. The molecule has 0 saturated carbocycles. The van der Waals surface area contributed by atoms with Crippen LogP contribution in [-0.4, -0.2) is 53.4 Å². The number of carbonyl (C=O) groups excluding carboxylic acids is 1. The summed E-state index contributed by atoms with van der Waals surface area (Å²) >= 11 is 0. The molecule has 25 heavy (non-hydrogen) atoms. The molecule has 7 nitrogen and oxygen atoms in total.